The van der Waals surface area contributed by atoms with E-state index in [9.17, 15) is 13.2 Å². The Morgan fingerprint density at radius 3 is 2.50 bits per heavy atom. The molecule has 1 aliphatic heterocycles. The first-order valence-corrected chi connectivity index (χ1v) is 10.9. The van der Waals surface area contributed by atoms with Crippen LogP contribution in [-0.2, 0) is 16.6 Å². The molecule has 0 bridgehead atoms. The Labute approximate surface area is 170 Å². The third-order valence-corrected chi connectivity index (χ3v) is 6.66. The van der Waals surface area contributed by atoms with Crippen molar-refractivity contribution in [2.75, 3.05) is 5.32 Å². The molecule has 1 aromatic heterocycles. The molecular weight excluding hydrogens is 418 g/mol. The van der Waals surface area contributed by atoms with Gasteiger partial charge < -0.3 is 10.6 Å². The molecule has 0 radical (unpaired) electrons. The van der Waals surface area contributed by atoms with Crippen molar-refractivity contribution < 1.29 is 13.2 Å². The number of anilines is 1. The summed E-state index contributed by atoms with van der Waals surface area (Å²) in [6.07, 6.45) is 0. The molecule has 2 aromatic carbocycles. The van der Waals surface area contributed by atoms with Gasteiger partial charge in [0.05, 0.1) is 10.9 Å². The molecule has 2 heterocycles. The van der Waals surface area contributed by atoms with E-state index in [1.165, 1.54) is 17.4 Å². The maximum absolute atomic E-state index is 12.3. The van der Waals surface area contributed by atoms with Gasteiger partial charge in [-0.2, -0.15) is 8.42 Å². The van der Waals surface area contributed by atoms with Gasteiger partial charge >= 0.3 is 0 Å². The first-order chi connectivity index (χ1) is 13.4. The van der Waals surface area contributed by atoms with Gasteiger partial charge in [0.2, 0.25) is 0 Å². The standard InChI is InChI=1S/C19H14ClN3O3S2/c20-17-10-9-14(27-17)11-21-19(24)12-5-7-13(8-6-12)22-18-15-3-1-2-4-16(15)28(25,26)23-18/h1-10H,11H2,(H,21,24)(H,22,23). The van der Waals surface area contributed by atoms with Gasteiger partial charge in [0.25, 0.3) is 15.9 Å². The van der Waals surface area contributed by atoms with Gasteiger partial charge in [-0.1, -0.05) is 23.7 Å². The second-order valence-electron chi connectivity index (χ2n) is 6.00. The number of halogens is 1. The van der Waals surface area contributed by atoms with Crippen LogP contribution in [-0.4, -0.2) is 20.2 Å². The summed E-state index contributed by atoms with van der Waals surface area (Å²) in [6, 6.07) is 17.0. The quantitative estimate of drug-likeness (QED) is 0.656. The number of rotatable bonds is 4. The molecule has 0 unspecified atom stereocenters. The van der Waals surface area contributed by atoms with Crippen molar-refractivity contribution in [1.29, 1.82) is 0 Å². The van der Waals surface area contributed by atoms with Crippen LogP contribution >= 0.6 is 22.9 Å². The topological polar surface area (TPSA) is 87.6 Å². The van der Waals surface area contributed by atoms with Crippen molar-refractivity contribution in [2.24, 2.45) is 4.40 Å². The predicted octanol–water partition coefficient (Wildman–Crippen LogP) is 3.89. The second-order valence-corrected chi connectivity index (χ2v) is 9.37. The van der Waals surface area contributed by atoms with Crippen LogP contribution in [0.4, 0.5) is 5.69 Å². The first kappa shape index (κ1) is 18.7. The van der Waals surface area contributed by atoms with Gasteiger partial charge in [-0.25, -0.2) is 0 Å². The van der Waals surface area contributed by atoms with Gasteiger partial charge in [0.1, 0.15) is 4.90 Å². The molecule has 6 nitrogen and oxygen atoms in total. The fourth-order valence-corrected chi connectivity index (χ4v) is 4.96. The molecule has 2 N–H and O–H groups in total. The lowest BCUT2D eigenvalue weighted by Crippen LogP contribution is -2.22. The van der Waals surface area contributed by atoms with Gasteiger partial charge in [-0.05, 0) is 48.5 Å². The minimum absolute atomic E-state index is 0.183. The number of nitrogens with one attached hydrogen (secondary N) is 2. The van der Waals surface area contributed by atoms with E-state index < -0.39 is 10.0 Å². The number of nitrogens with zero attached hydrogens (tertiary/aromatic N) is 1. The molecule has 3 aromatic rings. The summed E-state index contributed by atoms with van der Waals surface area (Å²) < 4.78 is 28.7. The van der Waals surface area contributed by atoms with Crippen LogP contribution in [0.1, 0.15) is 20.8 Å². The molecule has 9 heteroatoms. The summed E-state index contributed by atoms with van der Waals surface area (Å²) in [5, 5.41) is 5.84. The smallest absolute Gasteiger partial charge is 0.285 e. The Balaban J connectivity index is 1.45. The molecule has 4 rings (SSSR count). The number of benzene rings is 2. The van der Waals surface area contributed by atoms with E-state index in [0.29, 0.717) is 27.7 Å². The number of hydrogen-bond donors (Lipinski definition) is 2. The van der Waals surface area contributed by atoms with Crippen LogP contribution in [0, 0.1) is 0 Å². The molecule has 0 saturated heterocycles. The number of hydrogen-bond acceptors (Lipinski definition) is 5. The lowest BCUT2D eigenvalue weighted by molar-refractivity contribution is 0.0951. The maximum Gasteiger partial charge on any atom is 0.285 e. The molecule has 0 atom stereocenters. The van der Waals surface area contributed by atoms with Crippen molar-refractivity contribution in [2.45, 2.75) is 11.4 Å². The van der Waals surface area contributed by atoms with E-state index in [0.717, 1.165) is 4.88 Å². The summed E-state index contributed by atoms with van der Waals surface area (Å²) in [4.78, 5) is 13.4. The summed E-state index contributed by atoms with van der Waals surface area (Å²) in [5.74, 6) is 0.0598. The van der Waals surface area contributed by atoms with Crippen LogP contribution in [0.3, 0.4) is 0 Å². The minimum atomic E-state index is -3.68. The normalized spacial score (nSPS) is 14.2. The van der Waals surface area contributed by atoms with E-state index >= 15 is 0 Å². The van der Waals surface area contributed by atoms with Crippen LogP contribution in [0.5, 0.6) is 0 Å². The molecule has 0 aliphatic carbocycles. The monoisotopic (exact) mass is 431 g/mol. The third kappa shape index (κ3) is 3.80. The number of carbonyl (C=O) groups excluding carboxylic acids is 1. The van der Waals surface area contributed by atoms with E-state index in [1.807, 2.05) is 6.07 Å². The Morgan fingerprint density at radius 1 is 1.04 bits per heavy atom. The van der Waals surface area contributed by atoms with Gasteiger partial charge in [0.15, 0.2) is 5.84 Å². The van der Waals surface area contributed by atoms with Crippen molar-refractivity contribution in [1.82, 2.24) is 5.32 Å². The fourth-order valence-electron chi connectivity index (χ4n) is 2.75. The Kier molecular flexibility index (Phi) is 4.92. The van der Waals surface area contributed by atoms with E-state index in [-0.39, 0.29) is 16.6 Å². The average Bonchev–Trinajstić information content (AvgIpc) is 3.21. The Hall–Kier alpha value is -2.68. The molecule has 0 spiro atoms. The van der Waals surface area contributed by atoms with Crippen molar-refractivity contribution >= 4 is 50.4 Å². The number of sulfonamides is 1. The van der Waals surface area contributed by atoms with Gasteiger partial charge in [-0.3, -0.25) is 4.79 Å². The van der Waals surface area contributed by atoms with Gasteiger partial charge in [-0.15, -0.1) is 15.7 Å². The zero-order chi connectivity index (χ0) is 19.7. The highest BCUT2D eigenvalue weighted by Gasteiger charge is 2.28. The van der Waals surface area contributed by atoms with Crippen molar-refractivity contribution in [3.63, 3.8) is 0 Å². The van der Waals surface area contributed by atoms with Crippen LogP contribution in [0.25, 0.3) is 0 Å². The van der Waals surface area contributed by atoms with Gasteiger partial charge in [0, 0.05) is 21.7 Å². The predicted molar refractivity (Wildman–Crippen MR) is 111 cm³/mol. The highest BCUT2D eigenvalue weighted by atomic mass is 35.5. The molecular formula is C19H14ClN3O3S2. The van der Waals surface area contributed by atoms with Crippen LogP contribution in [0.15, 0.2) is 70.0 Å². The average molecular weight is 432 g/mol. The lowest BCUT2D eigenvalue weighted by atomic mass is 10.1. The highest BCUT2D eigenvalue weighted by Crippen LogP contribution is 2.26. The number of amidine groups is 1. The Bertz CT molecular complexity index is 1190. The fraction of sp³-hybridized carbons (Fsp3) is 0.0526. The number of fused-ring (bicyclic) bond motifs is 1. The summed E-state index contributed by atoms with van der Waals surface area (Å²) in [7, 11) is -3.68. The van der Waals surface area contributed by atoms with E-state index in [4.69, 9.17) is 11.6 Å². The molecule has 1 aliphatic rings. The molecule has 1 amide bonds. The third-order valence-electron chi connectivity index (χ3n) is 4.09. The summed E-state index contributed by atoms with van der Waals surface area (Å²) in [5.41, 5.74) is 1.65. The molecule has 142 valence electrons. The lowest BCUT2D eigenvalue weighted by Gasteiger charge is -2.08. The summed E-state index contributed by atoms with van der Waals surface area (Å²) in [6.45, 7) is 0.404. The zero-order valence-electron chi connectivity index (χ0n) is 14.3. The van der Waals surface area contributed by atoms with Crippen molar-refractivity contribution in [3.05, 3.63) is 81.0 Å². The number of carbonyl (C=O) groups is 1. The van der Waals surface area contributed by atoms with E-state index in [2.05, 4.69) is 15.0 Å². The molecule has 28 heavy (non-hydrogen) atoms. The van der Waals surface area contributed by atoms with Crippen LogP contribution < -0.4 is 10.6 Å². The van der Waals surface area contributed by atoms with E-state index in [1.54, 1.807) is 48.5 Å². The first-order valence-electron chi connectivity index (χ1n) is 8.26. The molecule has 0 fully saturated rings. The minimum Gasteiger partial charge on any atom is -0.347 e. The van der Waals surface area contributed by atoms with Crippen molar-refractivity contribution in [3.8, 4) is 0 Å². The SMILES string of the molecule is O=C(NCc1ccc(Cl)s1)c1ccc(NC2=NS(=O)(=O)c3ccccc32)cc1. The number of thiophene rings is 1. The zero-order valence-corrected chi connectivity index (χ0v) is 16.7. The summed E-state index contributed by atoms with van der Waals surface area (Å²) >= 11 is 7.30. The largest absolute Gasteiger partial charge is 0.347 e. The van der Waals surface area contributed by atoms with Crippen LogP contribution in [0.2, 0.25) is 4.34 Å². The second kappa shape index (κ2) is 7.38. The number of amides is 1. The highest BCUT2D eigenvalue weighted by molar-refractivity contribution is 7.90. The maximum atomic E-state index is 12.3. The Morgan fingerprint density at radius 2 is 1.79 bits per heavy atom. The molecule has 0 saturated carbocycles.